The predicted octanol–water partition coefficient (Wildman–Crippen LogP) is 3.19. The average Bonchev–Trinajstić information content (AvgIpc) is 2.42. The normalized spacial score (nSPS) is 10.3. The van der Waals surface area contributed by atoms with Crippen LogP contribution in [0, 0.1) is 5.82 Å². The SMILES string of the molecule is Nc1cnccc1SCC(=O)Nc1ccc(F)c(Cl)c1. The molecular weight excluding hydrogens is 301 g/mol. The van der Waals surface area contributed by atoms with Gasteiger partial charge in [-0.05, 0) is 24.3 Å². The molecular formula is C13H11ClFN3OS. The first-order valence-electron chi connectivity index (χ1n) is 5.63. The maximum atomic E-state index is 13.0. The molecule has 104 valence electrons. The number of pyridine rings is 1. The molecule has 0 aliphatic rings. The van der Waals surface area contributed by atoms with E-state index in [9.17, 15) is 9.18 Å². The van der Waals surface area contributed by atoms with Gasteiger partial charge in [0.2, 0.25) is 5.91 Å². The van der Waals surface area contributed by atoms with E-state index >= 15 is 0 Å². The Labute approximate surface area is 124 Å². The number of benzene rings is 1. The van der Waals surface area contributed by atoms with Gasteiger partial charge in [-0.15, -0.1) is 11.8 Å². The van der Waals surface area contributed by atoms with Gasteiger partial charge in [0.05, 0.1) is 22.7 Å². The Hall–Kier alpha value is -1.79. The van der Waals surface area contributed by atoms with Crippen molar-refractivity contribution in [3.8, 4) is 0 Å². The Morgan fingerprint density at radius 2 is 2.25 bits per heavy atom. The lowest BCUT2D eigenvalue weighted by atomic mass is 10.3. The molecule has 1 aromatic carbocycles. The fourth-order valence-electron chi connectivity index (χ4n) is 1.44. The minimum absolute atomic E-state index is 0.0335. The summed E-state index contributed by atoms with van der Waals surface area (Å²) in [7, 11) is 0. The molecule has 0 atom stereocenters. The monoisotopic (exact) mass is 311 g/mol. The van der Waals surface area contributed by atoms with Crippen LogP contribution in [0.15, 0.2) is 41.6 Å². The van der Waals surface area contributed by atoms with Gasteiger partial charge < -0.3 is 11.1 Å². The molecule has 7 heteroatoms. The summed E-state index contributed by atoms with van der Waals surface area (Å²) in [4.78, 5) is 16.4. The minimum atomic E-state index is -0.524. The number of nitrogens with zero attached hydrogens (tertiary/aromatic N) is 1. The maximum Gasteiger partial charge on any atom is 0.234 e. The molecule has 2 aromatic rings. The quantitative estimate of drug-likeness (QED) is 0.851. The highest BCUT2D eigenvalue weighted by atomic mass is 35.5. The predicted molar refractivity (Wildman–Crippen MR) is 79.4 cm³/mol. The smallest absolute Gasteiger partial charge is 0.234 e. The van der Waals surface area contributed by atoms with E-state index in [0.717, 1.165) is 4.90 Å². The number of halogens is 2. The van der Waals surface area contributed by atoms with Crippen LogP contribution in [0.25, 0.3) is 0 Å². The third-order valence-electron chi connectivity index (χ3n) is 2.37. The second-order valence-electron chi connectivity index (χ2n) is 3.88. The van der Waals surface area contributed by atoms with Crippen molar-refractivity contribution >= 4 is 40.6 Å². The Balaban J connectivity index is 1.93. The summed E-state index contributed by atoms with van der Waals surface area (Å²) in [5, 5.41) is 2.60. The Morgan fingerprint density at radius 1 is 1.45 bits per heavy atom. The van der Waals surface area contributed by atoms with E-state index in [1.54, 1.807) is 12.3 Å². The molecule has 1 aromatic heterocycles. The minimum Gasteiger partial charge on any atom is -0.397 e. The van der Waals surface area contributed by atoms with E-state index in [0.29, 0.717) is 11.4 Å². The second kappa shape index (κ2) is 6.58. The van der Waals surface area contributed by atoms with Crippen molar-refractivity contribution in [1.82, 2.24) is 4.98 Å². The third-order valence-corrected chi connectivity index (χ3v) is 3.75. The molecule has 2 rings (SSSR count). The van der Waals surface area contributed by atoms with Gasteiger partial charge in [-0.2, -0.15) is 0 Å². The molecule has 0 saturated carbocycles. The number of rotatable bonds is 4. The second-order valence-corrected chi connectivity index (χ2v) is 5.30. The number of thioether (sulfide) groups is 1. The highest BCUT2D eigenvalue weighted by Crippen LogP contribution is 2.24. The molecule has 0 spiro atoms. The van der Waals surface area contributed by atoms with Crippen molar-refractivity contribution in [2.75, 3.05) is 16.8 Å². The van der Waals surface area contributed by atoms with Crippen LogP contribution in [-0.4, -0.2) is 16.6 Å². The van der Waals surface area contributed by atoms with E-state index in [1.807, 2.05) is 0 Å². The molecule has 4 nitrogen and oxygen atoms in total. The molecule has 0 bridgehead atoms. The van der Waals surface area contributed by atoms with E-state index in [4.69, 9.17) is 17.3 Å². The molecule has 20 heavy (non-hydrogen) atoms. The lowest BCUT2D eigenvalue weighted by Gasteiger charge is -2.07. The number of hydrogen-bond donors (Lipinski definition) is 2. The topological polar surface area (TPSA) is 68.0 Å². The van der Waals surface area contributed by atoms with Crippen LogP contribution in [0.5, 0.6) is 0 Å². The molecule has 0 aliphatic heterocycles. The molecule has 0 saturated heterocycles. The Bertz CT molecular complexity index is 639. The molecule has 0 unspecified atom stereocenters. The van der Waals surface area contributed by atoms with Gasteiger partial charge >= 0.3 is 0 Å². The van der Waals surface area contributed by atoms with Crippen LogP contribution < -0.4 is 11.1 Å². The van der Waals surface area contributed by atoms with Crippen molar-refractivity contribution in [2.45, 2.75) is 4.90 Å². The van der Waals surface area contributed by atoms with E-state index in [1.165, 1.54) is 36.2 Å². The Kier molecular flexibility index (Phi) is 4.81. The standard InChI is InChI=1S/C13H11ClFN3OS/c14-9-5-8(1-2-10(9)15)18-13(19)7-20-12-3-4-17-6-11(12)16/h1-6H,7,16H2,(H,18,19). The van der Waals surface area contributed by atoms with Gasteiger partial charge in [0.1, 0.15) is 5.82 Å². The number of amides is 1. The molecule has 0 radical (unpaired) electrons. The van der Waals surface area contributed by atoms with Crippen molar-refractivity contribution < 1.29 is 9.18 Å². The number of nitrogens with one attached hydrogen (secondary N) is 1. The largest absolute Gasteiger partial charge is 0.397 e. The van der Waals surface area contributed by atoms with Gasteiger partial charge in [-0.25, -0.2) is 4.39 Å². The zero-order chi connectivity index (χ0) is 14.5. The van der Waals surface area contributed by atoms with Crippen LogP contribution in [-0.2, 0) is 4.79 Å². The van der Waals surface area contributed by atoms with Crippen molar-refractivity contribution in [2.24, 2.45) is 0 Å². The molecule has 1 amide bonds. The van der Waals surface area contributed by atoms with Crippen LogP contribution in [0.2, 0.25) is 5.02 Å². The number of carbonyl (C=O) groups is 1. The molecule has 0 fully saturated rings. The van der Waals surface area contributed by atoms with Gasteiger partial charge in [0.15, 0.2) is 0 Å². The highest BCUT2D eigenvalue weighted by molar-refractivity contribution is 8.00. The van der Waals surface area contributed by atoms with Crippen LogP contribution in [0.4, 0.5) is 15.8 Å². The maximum absolute atomic E-state index is 13.0. The average molecular weight is 312 g/mol. The Morgan fingerprint density at radius 3 is 2.95 bits per heavy atom. The zero-order valence-corrected chi connectivity index (χ0v) is 11.8. The summed E-state index contributed by atoms with van der Waals surface area (Å²) >= 11 is 6.93. The van der Waals surface area contributed by atoms with Gasteiger partial charge in [-0.3, -0.25) is 9.78 Å². The van der Waals surface area contributed by atoms with Crippen molar-refractivity contribution in [1.29, 1.82) is 0 Å². The fourth-order valence-corrected chi connectivity index (χ4v) is 2.36. The first-order chi connectivity index (χ1) is 9.56. The molecule has 3 N–H and O–H groups in total. The van der Waals surface area contributed by atoms with E-state index < -0.39 is 5.82 Å². The van der Waals surface area contributed by atoms with Crippen molar-refractivity contribution in [3.63, 3.8) is 0 Å². The summed E-state index contributed by atoms with van der Waals surface area (Å²) in [6, 6.07) is 5.75. The number of nitrogen functional groups attached to an aromatic ring is 1. The number of hydrogen-bond acceptors (Lipinski definition) is 4. The number of anilines is 2. The van der Waals surface area contributed by atoms with Gasteiger partial charge in [0, 0.05) is 16.8 Å². The fraction of sp³-hybridized carbons (Fsp3) is 0.0769. The van der Waals surface area contributed by atoms with E-state index in [2.05, 4.69) is 10.3 Å². The molecule has 0 aliphatic carbocycles. The van der Waals surface area contributed by atoms with Crippen LogP contribution in [0.1, 0.15) is 0 Å². The molecule has 1 heterocycles. The lowest BCUT2D eigenvalue weighted by Crippen LogP contribution is -2.14. The van der Waals surface area contributed by atoms with Crippen LogP contribution in [0.3, 0.4) is 0 Å². The van der Waals surface area contributed by atoms with Crippen LogP contribution >= 0.6 is 23.4 Å². The number of carbonyl (C=O) groups excluding carboxylic acids is 1. The first kappa shape index (κ1) is 14.6. The highest BCUT2D eigenvalue weighted by Gasteiger charge is 2.07. The number of aromatic nitrogens is 1. The first-order valence-corrected chi connectivity index (χ1v) is 7.00. The summed E-state index contributed by atoms with van der Waals surface area (Å²) in [6.45, 7) is 0. The summed E-state index contributed by atoms with van der Waals surface area (Å²) in [5.74, 6) is -0.569. The van der Waals surface area contributed by atoms with E-state index in [-0.39, 0.29) is 16.7 Å². The summed E-state index contributed by atoms with van der Waals surface area (Å²) in [5.41, 5.74) is 6.69. The zero-order valence-electron chi connectivity index (χ0n) is 10.3. The van der Waals surface area contributed by atoms with Crippen molar-refractivity contribution in [3.05, 3.63) is 47.5 Å². The number of nitrogens with two attached hydrogens (primary N) is 1. The summed E-state index contributed by atoms with van der Waals surface area (Å²) in [6.07, 6.45) is 3.14. The van der Waals surface area contributed by atoms with Gasteiger partial charge in [0.25, 0.3) is 0 Å². The third kappa shape index (κ3) is 3.85. The summed E-state index contributed by atoms with van der Waals surface area (Å²) < 4.78 is 13.0. The van der Waals surface area contributed by atoms with Gasteiger partial charge in [-0.1, -0.05) is 11.6 Å². The lowest BCUT2D eigenvalue weighted by molar-refractivity contribution is -0.113.